The van der Waals surface area contributed by atoms with Crippen molar-refractivity contribution in [3.8, 4) is 11.5 Å². The van der Waals surface area contributed by atoms with E-state index >= 15 is 0 Å². The van der Waals surface area contributed by atoms with Gasteiger partial charge in [0.25, 0.3) is 5.91 Å². The highest BCUT2D eigenvalue weighted by Gasteiger charge is 2.34. The molecule has 3 aromatic rings. The molecule has 0 saturated carbocycles. The third-order valence-corrected chi connectivity index (χ3v) is 8.10. The number of methoxy groups -OCH3 is 1. The number of rotatable bonds is 9. The van der Waals surface area contributed by atoms with Crippen molar-refractivity contribution in [1.29, 1.82) is 0 Å². The van der Waals surface area contributed by atoms with Gasteiger partial charge in [-0.15, -0.1) is 11.3 Å². The molecule has 0 radical (unpaired) electrons. The van der Waals surface area contributed by atoms with Crippen LogP contribution in [0, 0.1) is 0 Å². The summed E-state index contributed by atoms with van der Waals surface area (Å²) in [6.07, 6.45) is 2.01. The Hall–Kier alpha value is -3.72. The third kappa shape index (κ3) is 6.05. The number of ether oxygens (including phenoxy) is 2. The molecule has 0 unspecified atom stereocenters. The molecule has 2 amide bonds. The molecular formula is C29H31N3O5S. The van der Waals surface area contributed by atoms with Gasteiger partial charge in [-0.25, -0.2) is 4.98 Å². The third-order valence-electron chi connectivity index (χ3n) is 7.10. The van der Waals surface area contributed by atoms with Crippen LogP contribution in [0.2, 0.25) is 0 Å². The molecule has 0 spiro atoms. The number of carbonyl (C=O) groups excluding carboxylic acids is 3. The number of aromatic nitrogens is 1. The molecule has 38 heavy (non-hydrogen) atoms. The summed E-state index contributed by atoms with van der Waals surface area (Å²) in [6.45, 7) is 2.38. The molecule has 1 aromatic heterocycles. The molecule has 198 valence electrons. The van der Waals surface area contributed by atoms with Crippen molar-refractivity contribution >= 4 is 28.9 Å². The van der Waals surface area contributed by atoms with Crippen molar-refractivity contribution in [1.82, 2.24) is 14.8 Å². The van der Waals surface area contributed by atoms with E-state index in [1.165, 1.54) is 11.3 Å². The molecule has 2 aromatic carbocycles. The molecule has 2 aliphatic heterocycles. The fraction of sp³-hybridized carbons (Fsp3) is 0.379. The van der Waals surface area contributed by atoms with Crippen LogP contribution in [0.25, 0.3) is 0 Å². The molecule has 3 heterocycles. The highest BCUT2D eigenvalue weighted by molar-refractivity contribution is 7.09. The van der Waals surface area contributed by atoms with E-state index in [-0.39, 0.29) is 42.5 Å². The number of Topliss-reactive ketones (excluding diaryl/α,β-unsaturated/α-hetero) is 1. The molecule has 5 rings (SSSR count). The van der Waals surface area contributed by atoms with Gasteiger partial charge in [0.05, 0.1) is 25.2 Å². The van der Waals surface area contributed by atoms with Crippen LogP contribution >= 0.6 is 11.3 Å². The summed E-state index contributed by atoms with van der Waals surface area (Å²) in [4.78, 5) is 46.3. The predicted octanol–water partition coefficient (Wildman–Crippen LogP) is 4.42. The topological polar surface area (TPSA) is 89.0 Å². The van der Waals surface area contributed by atoms with E-state index in [1.807, 2.05) is 40.6 Å². The zero-order valence-electron chi connectivity index (χ0n) is 21.4. The summed E-state index contributed by atoms with van der Waals surface area (Å²) in [5.41, 5.74) is 1.07. The first-order valence-electron chi connectivity index (χ1n) is 12.9. The number of benzene rings is 2. The smallest absolute Gasteiger partial charge is 0.273 e. The monoisotopic (exact) mass is 533 g/mol. The number of carbonyl (C=O) groups is 3. The molecule has 0 bridgehead atoms. The van der Waals surface area contributed by atoms with Gasteiger partial charge in [-0.05, 0) is 49.2 Å². The van der Waals surface area contributed by atoms with Crippen molar-refractivity contribution in [3.63, 3.8) is 0 Å². The molecule has 2 aliphatic rings. The summed E-state index contributed by atoms with van der Waals surface area (Å²) in [5, 5.41) is 2.79. The Morgan fingerprint density at radius 2 is 1.63 bits per heavy atom. The summed E-state index contributed by atoms with van der Waals surface area (Å²) in [7, 11) is 1.58. The Kier molecular flexibility index (Phi) is 8.03. The molecule has 2 fully saturated rings. The van der Waals surface area contributed by atoms with Crippen molar-refractivity contribution < 1.29 is 23.9 Å². The average Bonchev–Trinajstić information content (AvgIpc) is 3.44. The van der Waals surface area contributed by atoms with Crippen LogP contribution < -0.4 is 9.47 Å². The Labute approximate surface area is 226 Å². The molecule has 0 aliphatic carbocycles. The largest absolute Gasteiger partial charge is 0.497 e. The van der Waals surface area contributed by atoms with Gasteiger partial charge >= 0.3 is 0 Å². The standard InChI is InChI=1S/C29H31N3O5S/c1-36-22-9-7-20(8-10-22)26(33)11-12-27(34)31-15-13-21(14-16-31)28-30-25(19-38-28)29(35)32-17-24(18-32)37-23-5-3-2-4-6-23/h2-10,19,21,24H,11-18H2,1H3. The molecule has 2 saturated heterocycles. The van der Waals surface area contributed by atoms with E-state index in [4.69, 9.17) is 9.47 Å². The zero-order chi connectivity index (χ0) is 26.5. The number of ketones is 1. The molecule has 8 nitrogen and oxygen atoms in total. The molecular weight excluding hydrogens is 502 g/mol. The van der Waals surface area contributed by atoms with Crippen molar-refractivity contribution in [2.45, 2.75) is 37.7 Å². The highest BCUT2D eigenvalue weighted by atomic mass is 32.1. The number of para-hydroxylation sites is 1. The lowest BCUT2D eigenvalue weighted by atomic mass is 9.97. The van der Waals surface area contributed by atoms with Crippen LogP contribution in [-0.4, -0.2) is 71.8 Å². The van der Waals surface area contributed by atoms with Crippen LogP contribution in [0.5, 0.6) is 11.5 Å². The minimum Gasteiger partial charge on any atom is -0.497 e. The maximum absolute atomic E-state index is 12.9. The van der Waals surface area contributed by atoms with Gasteiger partial charge in [0.2, 0.25) is 5.91 Å². The lowest BCUT2D eigenvalue weighted by Gasteiger charge is -2.38. The van der Waals surface area contributed by atoms with E-state index in [9.17, 15) is 14.4 Å². The van der Waals surface area contributed by atoms with Crippen LogP contribution in [0.4, 0.5) is 0 Å². The van der Waals surface area contributed by atoms with Gasteiger partial charge in [0.1, 0.15) is 23.3 Å². The Morgan fingerprint density at radius 1 is 0.921 bits per heavy atom. The maximum atomic E-state index is 12.9. The van der Waals surface area contributed by atoms with Crippen LogP contribution in [0.15, 0.2) is 60.0 Å². The van der Waals surface area contributed by atoms with Gasteiger partial charge < -0.3 is 19.3 Å². The zero-order valence-corrected chi connectivity index (χ0v) is 22.2. The van der Waals surface area contributed by atoms with Crippen LogP contribution in [0.3, 0.4) is 0 Å². The minimum atomic E-state index is -0.0606. The number of piperidine rings is 1. The lowest BCUT2D eigenvalue weighted by Crippen LogP contribution is -2.56. The molecule has 0 atom stereocenters. The van der Waals surface area contributed by atoms with E-state index in [2.05, 4.69) is 4.98 Å². The average molecular weight is 534 g/mol. The van der Waals surface area contributed by atoms with Gasteiger partial charge in [-0.2, -0.15) is 0 Å². The number of hydrogen-bond acceptors (Lipinski definition) is 7. The first kappa shape index (κ1) is 25.9. The SMILES string of the molecule is COc1ccc(C(=O)CCC(=O)N2CCC(c3nc(C(=O)N4CC(Oc5ccccc5)C4)cs3)CC2)cc1. The fourth-order valence-electron chi connectivity index (χ4n) is 4.78. The normalized spacial score (nSPS) is 16.1. The maximum Gasteiger partial charge on any atom is 0.273 e. The number of likely N-dealkylation sites (tertiary alicyclic amines) is 2. The first-order valence-corrected chi connectivity index (χ1v) is 13.8. The Bertz CT molecular complexity index is 1260. The molecule has 9 heteroatoms. The van der Waals surface area contributed by atoms with Crippen molar-refractivity contribution in [2.75, 3.05) is 33.3 Å². The van der Waals surface area contributed by atoms with Crippen molar-refractivity contribution in [2.24, 2.45) is 0 Å². The van der Waals surface area contributed by atoms with Gasteiger partial charge in [0, 0.05) is 42.8 Å². The number of thiazole rings is 1. The fourth-order valence-corrected chi connectivity index (χ4v) is 5.75. The summed E-state index contributed by atoms with van der Waals surface area (Å²) in [5.74, 6) is 1.64. The first-order chi connectivity index (χ1) is 18.5. The van der Waals surface area contributed by atoms with E-state index in [1.54, 1.807) is 36.3 Å². The summed E-state index contributed by atoms with van der Waals surface area (Å²) < 4.78 is 11.0. The minimum absolute atomic E-state index is 0.00498. The Morgan fingerprint density at radius 3 is 2.32 bits per heavy atom. The summed E-state index contributed by atoms with van der Waals surface area (Å²) >= 11 is 1.52. The highest BCUT2D eigenvalue weighted by Crippen LogP contribution is 2.31. The number of amides is 2. The lowest BCUT2D eigenvalue weighted by molar-refractivity contribution is -0.132. The van der Waals surface area contributed by atoms with Crippen LogP contribution in [0.1, 0.15) is 57.5 Å². The second-order valence-electron chi connectivity index (χ2n) is 9.64. The van der Waals surface area contributed by atoms with Gasteiger partial charge in [-0.1, -0.05) is 18.2 Å². The van der Waals surface area contributed by atoms with Crippen LogP contribution in [-0.2, 0) is 4.79 Å². The summed E-state index contributed by atoms with van der Waals surface area (Å²) in [6, 6.07) is 16.6. The van der Waals surface area contributed by atoms with E-state index in [0.29, 0.717) is 43.2 Å². The second-order valence-corrected chi connectivity index (χ2v) is 10.5. The Balaban J connectivity index is 1.05. The quantitative estimate of drug-likeness (QED) is 0.378. The van der Waals surface area contributed by atoms with Gasteiger partial charge in [0.15, 0.2) is 5.78 Å². The predicted molar refractivity (Wildman–Crippen MR) is 144 cm³/mol. The number of nitrogens with zero attached hydrogens (tertiary/aromatic N) is 3. The van der Waals surface area contributed by atoms with Gasteiger partial charge in [-0.3, -0.25) is 14.4 Å². The van der Waals surface area contributed by atoms with Crippen molar-refractivity contribution in [3.05, 3.63) is 76.2 Å². The van der Waals surface area contributed by atoms with E-state index < -0.39 is 0 Å². The van der Waals surface area contributed by atoms with E-state index in [0.717, 1.165) is 23.6 Å². The second kappa shape index (κ2) is 11.8. The number of hydrogen-bond donors (Lipinski definition) is 0. The molecule has 0 N–H and O–H groups in total.